The van der Waals surface area contributed by atoms with Gasteiger partial charge in [0.05, 0.1) is 44.5 Å². The van der Waals surface area contributed by atoms with Crippen molar-refractivity contribution in [1.82, 2.24) is 23.7 Å². The number of hydrogen-bond donors (Lipinski definition) is 0. The lowest BCUT2D eigenvalue weighted by molar-refractivity contribution is 0.668. The molecular weight excluding hydrogens is 1390 g/mol. The zero-order valence-electron chi connectivity index (χ0n) is 61.2. The summed E-state index contributed by atoms with van der Waals surface area (Å²) < 4.78 is 25.9. The minimum absolute atomic E-state index is 0.646. The van der Waals surface area contributed by atoms with Gasteiger partial charge in [-0.25, -0.2) is 9.97 Å². The van der Waals surface area contributed by atoms with E-state index in [1.807, 2.05) is 36.4 Å². The average molecular weight is 1450 g/mol. The van der Waals surface area contributed by atoms with Crippen LogP contribution in [0.2, 0.25) is 0 Å². The Hall–Kier alpha value is -15.4. The third-order valence-electron chi connectivity index (χ3n) is 24.0. The van der Waals surface area contributed by atoms with E-state index in [9.17, 15) is 0 Å². The standard InChI is InChI=1S/C106H61N5O3/c1-7-19-94-80(13-1)86-55-68(71-37-46-103-89(58-71)83-16-4-10-22-100(83)112-103)34-43-97(86)109(94)77-40-31-62-49-74(28-25-65(62)52-77)92-61-93(75-29-26-66-53-78(41-32-63(66)50-75)110-95-20-8-2-14-81(95)87-56-69(35-44-98(87)110)72-38-47-104-90(59-72)84-17-5-11-23-101(84)113-104)108-106(107-92)76-30-27-67-54-79(42-33-64(67)51-76)111-96-21-9-3-15-82(96)88-57-70(36-45-99(88)111)73-39-48-105-91(60-73)85-18-6-12-24-102(85)114-105/h1-61H. The van der Waals surface area contributed by atoms with Crippen LogP contribution in [0.4, 0.5) is 0 Å². The second-order valence-corrected chi connectivity index (χ2v) is 30.4. The van der Waals surface area contributed by atoms with Crippen molar-refractivity contribution < 1.29 is 13.3 Å². The zero-order valence-corrected chi connectivity index (χ0v) is 61.2. The molecule has 0 unspecified atom stereocenters. The number of benzene rings is 18. The number of furan rings is 3. The van der Waals surface area contributed by atoms with Crippen LogP contribution >= 0.6 is 0 Å². The number of nitrogens with zero attached hydrogens (tertiary/aromatic N) is 5. The molecule has 0 bridgehead atoms. The van der Waals surface area contributed by atoms with E-state index in [0.29, 0.717) is 5.82 Å². The first-order chi connectivity index (χ1) is 56.4. The number of fused-ring (bicyclic) bond motifs is 21. The molecule has 0 aliphatic heterocycles. The maximum Gasteiger partial charge on any atom is 0.160 e. The van der Waals surface area contributed by atoms with Crippen LogP contribution in [0, 0.1) is 0 Å². The van der Waals surface area contributed by atoms with Crippen molar-refractivity contribution >= 4 is 164 Å². The van der Waals surface area contributed by atoms with E-state index in [1.54, 1.807) is 0 Å². The maximum atomic E-state index is 6.23. The van der Waals surface area contributed by atoms with Crippen LogP contribution in [-0.2, 0) is 0 Å². The van der Waals surface area contributed by atoms with Crippen LogP contribution in [-0.4, -0.2) is 23.7 Å². The summed E-state index contributed by atoms with van der Waals surface area (Å²) in [6, 6.07) is 134. The van der Waals surface area contributed by atoms with Gasteiger partial charge in [-0.3, -0.25) is 0 Å². The van der Waals surface area contributed by atoms with Gasteiger partial charge in [-0.1, -0.05) is 200 Å². The van der Waals surface area contributed by atoms with Gasteiger partial charge in [0, 0.05) is 98.4 Å². The second kappa shape index (κ2) is 24.1. The lowest BCUT2D eigenvalue weighted by atomic mass is 10.00. The summed E-state index contributed by atoms with van der Waals surface area (Å²) in [5, 5.41) is 20.6. The summed E-state index contributed by atoms with van der Waals surface area (Å²) in [7, 11) is 0. The van der Waals surface area contributed by atoms with Gasteiger partial charge in [-0.15, -0.1) is 0 Å². The van der Waals surface area contributed by atoms with Gasteiger partial charge in [0.15, 0.2) is 5.82 Å². The van der Waals surface area contributed by atoms with Crippen LogP contribution in [0.15, 0.2) is 383 Å². The molecule has 7 aromatic heterocycles. The Morgan fingerprint density at radius 2 is 0.421 bits per heavy atom. The van der Waals surface area contributed by atoms with Crippen molar-refractivity contribution in [3.63, 3.8) is 0 Å². The fourth-order valence-corrected chi connectivity index (χ4v) is 18.5. The van der Waals surface area contributed by atoms with Gasteiger partial charge in [0.1, 0.15) is 33.5 Å². The Balaban J connectivity index is 0.585. The molecule has 0 saturated heterocycles. The average Bonchev–Trinajstić information content (AvgIpc) is 1.64. The molecule has 8 nitrogen and oxygen atoms in total. The van der Waals surface area contributed by atoms with Crippen molar-refractivity contribution in [2.45, 2.75) is 0 Å². The molecule has 0 N–H and O–H groups in total. The van der Waals surface area contributed by atoms with Crippen molar-refractivity contribution in [1.29, 1.82) is 0 Å². The Labute approximate surface area is 650 Å². The van der Waals surface area contributed by atoms with Crippen LogP contribution in [0.1, 0.15) is 0 Å². The molecule has 0 aliphatic carbocycles. The first-order valence-corrected chi connectivity index (χ1v) is 38.8. The minimum atomic E-state index is 0.646. The topological polar surface area (TPSA) is 80.0 Å². The third-order valence-corrected chi connectivity index (χ3v) is 24.0. The molecule has 0 fully saturated rings. The quantitative estimate of drug-likeness (QED) is 0.144. The van der Waals surface area contributed by atoms with Crippen molar-refractivity contribution in [3.8, 4) is 84.3 Å². The highest BCUT2D eigenvalue weighted by molar-refractivity contribution is 6.16. The number of hydrogen-bond acceptors (Lipinski definition) is 5. The Morgan fingerprint density at radius 1 is 0.167 bits per heavy atom. The van der Waals surface area contributed by atoms with E-state index in [-0.39, 0.29) is 0 Å². The largest absolute Gasteiger partial charge is 0.456 e. The predicted octanol–water partition coefficient (Wildman–Crippen LogP) is 28.9. The van der Waals surface area contributed by atoms with Gasteiger partial charge in [0.25, 0.3) is 0 Å². The molecule has 528 valence electrons. The SMILES string of the molecule is c1ccc2c(c1)oc1ccc(-c3ccc4c(c3)c3ccccc3n4-c3ccc4cc(-c5cc(-c6ccc7cc(-n8c9ccccc9c9cc(-c%10ccc%11oc%12ccccc%12c%11c%10)ccc98)ccc7c6)nc(-c6ccc7cc(-n8c9ccccc9c9cc(-c%10ccc%11oc%12ccccc%12c%11c%10)ccc98)ccc7c6)n5)ccc4c3)cc12. The van der Waals surface area contributed by atoms with E-state index in [4.69, 9.17) is 23.2 Å². The number of para-hydroxylation sites is 6. The molecule has 0 atom stereocenters. The molecule has 25 rings (SSSR count). The van der Waals surface area contributed by atoms with Crippen LogP contribution in [0.5, 0.6) is 0 Å². The van der Waals surface area contributed by atoms with E-state index in [0.717, 1.165) is 210 Å². The highest BCUT2D eigenvalue weighted by Gasteiger charge is 2.22. The summed E-state index contributed by atoms with van der Waals surface area (Å²) in [5.74, 6) is 0.646. The van der Waals surface area contributed by atoms with Crippen LogP contribution in [0.3, 0.4) is 0 Å². The molecule has 0 amide bonds. The molecule has 25 aromatic rings. The van der Waals surface area contributed by atoms with E-state index < -0.39 is 0 Å². The summed E-state index contributed by atoms with van der Waals surface area (Å²) in [6.07, 6.45) is 0. The molecule has 114 heavy (non-hydrogen) atoms. The second-order valence-electron chi connectivity index (χ2n) is 30.4. The van der Waals surface area contributed by atoms with E-state index >= 15 is 0 Å². The molecule has 0 spiro atoms. The summed E-state index contributed by atoms with van der Waals surface area (Å²) in [5.41, 5.74) is 27.1. The van der Waals surface area contributed by atoms with Gasteiger partial charge in [-0.2, -0.15) is 0 Å². The Kier molecular flexibility index (Phi) is 13.2. The fraction of sp³-hybridized carbons (Fsp3) is 0. The fourth-order valence-electron chi connectivity index (χ4n) is 18.5. The van der Waals surface area contributed by atoms with Gasteiger partial charge in [0.2, 0.25) is 0 Å². The lowest BCUT2D eigenvalue weighted by Crippen LogP contribution is -1.97. The Morgan fingerprint density at radius 3 is 0.781 bits per heavy atom. The predicted molar refractivity (Wildman–Crippen MR) is 472 cm³/mol. The zero-order chi connectivity index (χ0) is 74.4. The minimum Gasteiger partial charge on any atom is -0.456 e. The smallest absolute Gasteiger partial charge is 0.160 e. The summed E-state index contributed by atoms with van der Waals surface area (Å²) >= 11 is 0. The monoisotopic (exact) mass is 1450 g/mol. The van der Waals surface area contributed by atoms with Gasteiger partial charge < -0.3 is 27.0 Å². The number of rotatable bonds is 9. The molecular formula is C106H61N5O3. The molecule has 18 aromatic carbocycles. The molecule has 0 aliphatic rings. The van der Waals surface area contributed by atoms with Gasteiger partial charge >= 0.3 is 0 Å². The van der Waals surface area contributed by atoms with Crippen LogP contribution < -0.4 is 0 Å². The third kappa shape index (κ3) is 9.65. The van der Waals surface area contributed by atoms with Gasteiger partial charge in [-0.05, 0) is 236 Å². The molecule has 0 radical (unpaired) electrons. The lowest BCUT2D eigenvalue weighted by Gasteiger charge is -2.13. The first kappa shape index (κ1) is 62.5. The first-order valence-electron chi connectivity index (χ1n) is 38.8. The van der Waals surface area contributed by atoms with Crippen molar-refractivity contribution in [3.05, 3.63) is 370 Å². The van der Waals surface area contributed by atoms with E-state index in [1.165, 1.54) is 32.3 Å². The maximum absolute atomic E-state index is 6.23. The normalized spacial score (nSPS) is 12.2. The van der Waals surface area contributed by atoms with E-state index in [2.05, 4.69) is 347 Å². The number of aromatic nitrogens is 5. The highest BCUT2D eigenvalue weighted by Crippen LogP contribution is 2.44. The van der Waals surface area contributed by atoms with Crippen LogP contribution in [0.25, 0.3) is 248 Å². The summed E-state index contributed by atoms with van der Waals surface area (Å²) in [6.45, 7) is 0. The van der Waals surface area contributed by atoms with Crippen molar-refractivity contribution in [2.24, 2.45) is 0 Å². The Bertz CT molecular complexity index is 7670. The summed E-state index contributed by atoms with van der Waals surface area (Å²) in [4.78, 5) is 11.1. The highest BCUT2D eigenvalue weighted by atomic mass is 16.3. The molecule has 0 saturated carbocycles. The van der Waals surface area contributed by atoms with Crippen molar-refractivity contribution in [2.75, 3.05) is 0 Å². The molecule has 8 heteroatoms. The molecule has 7 heterocycles.